The zero-order valence-electron chi connectivity index (χ0n) is 5.18. The van der Waals surface area contributed by atoms with E-state index in [-0.39, 0.29) is 0 Å². The molecule has 1 unspecified atom stereocenters. The van der Waals surface area contributed by atoms with Gasteiger partial charge in [0.2, 0.25) is 5.72 Å². The number of aliphatic carboxylic acids is 1. The molecule has 0 aromatic heterocycles. The van der Waals surface area contributed by atoms with Crippen LogP contribution in [0.3, 0.4) is 0 Å². The van der Waals surface area contributed by atoms with E-state index in [9.17, 15) is 4.79 Å². The van der Waals surface area contributed by atoms with E-state index >= 15 is 0 Å². The summed E-state index contributed by atoms with van der Waals surface area (Å²) in [6.07, 6.45) is 0.554. The van der Waals surface area contributed by atoms with Crippen LogP contribution in [-0.2, 0) is 9.53 Å². The molecule has 0 radical (unpaired) electrons. The molecule has 1 rings (SSSR count). The first-order chi connectivity index (χ1) is 4.21. The first-order valence-electron chi connectivity index (χ1n) is 2.75. The first kappa shape index (κ1) is 6.51. The van der Waals surface area contributed by atoms with Gasteiger partial charge in [-0.15, -0.1) is 0 Å². The van der Waals surface area contributed by atoms with E-state index in [1.165, 1.54) is 7.11 Å². The number of methoxy groups -OCH3 is 1. The molecule has 1 fully saturated rings. The van der Waals surface area contributed by atoms with E-state index in [0.29, 0.717) is 6.42 Å². The maximum Gasteiger partial charge on any atom is 0.351 e. The molecule has 1 aliphatic heterocycles. The topological polar surface area (TPSA) is 58.6 Å². The minimum atomic E-state index is -1.07. The van der Waals surface area contributed by atoms with Gasteiger partial charge in [0.05, 0.1) is 0 Å². The van der Waals surface area contributed by atoms with Crippen molar-refractivity contribution in [3.05, 3.63) is 0 Å². The first-order valence-corrected chi connectivity index (χ1v) is 2.75. The fourth-order valence-electron chi connectivity index (χ4n) is 0.796. The Morgan fingerprint density at radius 1 is 1.89 bits per heavy atom. The van der Waals surface area contributed by atoms with E-state index in [1.54, 1.807) is 0 Å². The van der Waals surface area contributed by atoms with Crippen LogP contribution in [0.2, 0.25) is 0 Å². The van der Waals surface area contributed by atoms with Crippen LogP contribution in [-0.4, -0.2) is 30.5 Å². The lowest BCUT2D eigenvalue weighted by molar-refractivity contribution is -0.177. The van der Waals surface area contributed by atoms with Gasteiger partial charge in [-0.05, 0) is 0 Å². The van der Waals surface area contributed by atoms with Crippen molar-refractivity contribution in [3.63, 3.8) is 0 Å². The molecular formula is C5H9NO3. The summed E-state index contributed by atoms with van der Waals surface area (Å²) in [5.41, 5.74) is -1.07. The predicted molar refractivity (Wildman–Crippen MR) is 30.0 cm³/mol. The minimum Gasteiger partial charge on any atom is -0.478 e. The normalized spacial score (nSPS) is 33.4. The molecule has 0 aromatic rings. The molecule has 0 aromatic carbocycles. The highest BCUT2D eigenvalue weighted by atomic mass is 16.5. The molecule has 0 bridgehead atoms. The van der Waals surface area contributed by atoms with Gasteiger partial charge in [-0.1, -0.05) is 0 Å². The van der Waals surface area contributed by atoms with Crippen LogP contribution in [0, 0.1) is 0 Å². The zero-order chi connectivity index (χ0) is 6.91. The van der Waals surface area contributed by atoms with Crippen molar-refractivity contribution in [1.82, 2.24) is 5.32 Å². The average Bonchev–Trinajstić information content (AvgIpc) is 1.62. The highest BCUT2D eigenvalue weighted by molar-refractivity contribution is 5.78. The van der Waals surface area contributed by atoms with Crippen LogP contribution < -0.4 is 5.32 Å². The number of nitrogens with one attached hydrogen (secondary N) is 1. The van der Waals surface area contributed by atoms with Crippen molar-refractivity contribution in [1.29, 1.82) is 0 Å². The number of hydrogen-bond donors (Lipinski definition) is 2. The summed E-state index contributed by atoms with van der Waals surface area (Å²) >= 11 is 0. The second-order valence-corrected chi connectivity index (χ2v) is 2.01. The van der Waals surface area contributed by atoms with E-state index in [2.05, 4.69) is 5.32 Å². The van der Waals surface area contributed by atoms with Crippen LogP contribution in [0.25, 0.3) is 0 Å². The zero-order valence-corrected chi connectivity index (χ0v) is 5.18. The fraction of sp³-hybridized carbons (Fsp3) is 0.800. The predicted octanol–water partition coefficient (Wildman–Crippen LogP) is -0.593. The molecular weight excluding hydrogens is 122 g/mol. The van der Waals surface area contributed by atoms with Gasteiger partial charge < -0.3 is 9.84 Å². The Morgan fingerprint density at radius 3 is 2.44 bits per heavy atom. The summed E-state index contributed by atoms with van der Waals surface area (Å²) in [5, 5.41) is 11.2. The Bertz CT molecular complexity index is 125. The van der Waals surface area contributed by atoms with Crippen LogP contribution in [0.15, 0.2) is 0 Å². The Hall–Kier alpha value is -0.610. The van der Waals surface area contributed by atoms with E-state index < -0.39 is 11.7 Å². The Morgan fingerprint density at radius 2 is 2.44 bits per heavy atom. The number of ether oxygens (including phenoxy) is 1. The molecule has 0 spiro atoms. The van der Waals surface area contributed by atoms with Gasteiger partial charge in [0.1, 0.15) is 0 Å². The van der Waals surface area contributed by atoms with Gasteiger partial charge in [0.15, 0.2) is 0 Å². The summed E-state index contributed by atoms with van der Waals surface area (Å²) in [7, 11) is 1.39. The highest BCUT2D eigenvalue weighted by Gasteiger charge is 2.44. The molecule has 0 aliphatic carbocycles. The minimum absolute atomic E-state index is 0.554. The molecule has 4 heteroatoms. The molecule has 1 aliphatic rings. The molecule has 52 valence electrons. The van der Waals surface area contributed by atoms with Gasteiger partial charge in [-0.25, -0.2) is 4.79 Å². The van der Waals surface area contributed by atoms with Gasteiger partial charge in [0, 0.05) is 20.1 Å². The van der Waals surface area contributed by atoms with Gasteiger partial charge in [-0.3, -0.25) is 5.32 Å². The fourth-order valence-corrected chi connectivity index (χ4v) is 0.796. The molecule has 9 heavy (non-hydrogen) atoms. The van der Waals surface area contributed by atoms with Gasteiger partial charge in [-0.2, -0.15) is 0 Å². The maximum atomic E-state index is 10.3. The Balaban J connectivity index is 2.57. The largest absolute Gasteiger partial charge is 0.478 e. The second kappa shape index (κ2) is 1.97. The molecule has 0 amide bonds. The number of hydrogen-bond acceptors (Lipinski definition) is 3. The van der Waals surface area contributed by atoms with Gasteiger partial charge in [0.25, 0.3) is 0 Å². The standard InChI is InChI=1S/C5H9NO3/c1-9-5(4(7)8)2-3-6-5/h6H,2-3H2,1H3,(H,7,8). The highest BCUT2D eigenvalue weighted by Crippen LogP contribution is 2.18. The molecule has 0 saturated carbocycles. The third-order valence-electron chi connectivity index (χ3n) is 1.58. The maximum absolute atomic E-state index is 10.3. The van der Waals surface area contributed by atoms with Gasteiger partial charge >= 0.3 is 5.97 Å². The second-order valence-electron chi connectivity index (χ2n) is 2.01. The number of carboxylic acid groups (broad SMARTS) is 1. The lowest BCUT2D eigenvalue weighted by Crippen LogP contribution is -2.63. The summed E-state index contributed by atoms with van der Waals surface area (Å²) in [6, 6.07) is 0. The molecule has 1 atom stereocenters. The molecule has 1 heterocycles. The number of carbonyl (C=O) groups is 1. The molecule has 1 saturated heterocycles. The Labute approximate surface area is 52.8 Å². The molecule has 4 nitrogen and oxygen atoms in total. The lowest BCUT2D eigenvalue weighted by Gasteiger charge is -2.37. The van der Waals surface area contributed by atoms with E-state index in [0.717, 1.165) is 6.54 Å². The van der Waals surface area contributed by atoms with E-state index in [1.807, 2.05) is 0 Å². The van der Waals surface area contributed by atoms with Crippen LogP contribution >= 0.6 is 0 Å². The van der Waals surface area contributed by atoms with Crippen LogP contribution in [0.1, 0.15) is 6.42 Å². The number of carboxylic acids is 1. The third kappa shape index (κ3) is 0.799. The SMILES string of the molecule is COC1(C(=O)O)CCN1. The lowest BCUT2D eigenvalue weighted by atomic mass is 10.0. The quantitative estimate of drug-likeness (QED) is 0.525. The third-order valence-corrected chi connectivity index (χ3v) is 1.58. The molecule has 2 N–H and O–H groups in total. The van der Waals surface area contributed by atoms with Crippen LogP contribution in [0.5, 0.6) is 0 Å². The van der Waals surface area contributed by atoms with Crippen molar-refractivity contribution in [2.45, 2.75) is 12.1 Å². The summed E-state index contributed by atoms with van der Waals surface area (Å²) < 4.78 is 4.72. The summed E-state index contributed by atoms with van der Waals surface area (Å²) in [4.78, 5) is 10.3. The van der Waals surface area contributed by atoms with Crippen molar-refractivity contribution in [2.75, 3.05) is 13.7 Å². The smallest absolute Gasteiger partial charge is 0.351 e. The summed E-state index contributed by atoms with van der Waals surface area (Å²) in [6.45, 7) is 0.722. The number of rotatable bonds is 2. The average molecular weight is 131 g/mol. The van der Waals surface area contributed by atoms with Crippen LogP contribution in [0.4, 0.5) is 0 Å². The monoisotopic (exact) mass is 131 g/mol. The van der Waals surface area contributed by atoms with Crippen molar-refractivity contribution in [2.24, 2.45) is 0 Å². The van der Waals surface area contributed by atoms with Crippen molar-refractivity contribution >= 4 is 5.97 Å². The summed E-state index contributed by atoms with van der Waals surface area (Å²) in [5.74, 6) is -0.934. The Kier molecular flexibility index (Phi) is 1.42. The van der Waals surface area contributed by atoms with E-state index in [4.69, 9.17) is 9.84 Å². The van der Waals surface area contributed by atoms with Crippen molar-refractivity contribution < 1.29 is 14.6 Å². The van der Waals surface area contributed by atoms with Crippen molar-refractivity contribution in [3.8, 4) is 0 Å².